The van der Waals surface area contributed by atoms with Gasteiger partial charge in [-0.1, -0.05) is 88.0 Å². The molecule has 6 heteroatoms. The van der Waals surface area contributed by atoms with Crippen molar-refractivity contribution in [3.8, 4) is 17.2 Å². The normalized spacial score (nSPS) is 19.5. The van der Waals surface area contributed by atoms with Crippen LogP contribution in [0.1, 0.15) is 32.4 Å². The predicted molar refractivity (Wildman–Crippen MR) is 144 cm³/mol. The van der Waals surface area contributed by atoms with Crippen LogP contribution in [0.15, 0.2) is 84.9 Å². The van der Waals surface area contributed by atoms with E-state index in [1.54, 1.807) is 7.11 Å². The largest absolute Gasteiger partial charge is 0.496 e. The molecule has 2 aliphatic rings. The summed E-state index contributed by atoms with van der Waals surface area (Å²) >= 11 is 0. The van der Waals surface area contributed by atoms with Gasteiger partial charge >= 0.3 is 0 Å². The van der Waals surface area contributed by atoms with Gasteiger partial charge in [-0.25, -0.2) is 0 Å². The van der Waals surface area contributed by atoms with E-state index in [2.05, 4.69) is 88.0 Å². The number of methoxy groups -OCH3 is 1. The lowest BCUT2D eigenvalue weighted by Gasteiger charge is -2.43. The number of benzene rings is 3. The van der Waals surface area contributed by atoms with Crippen LogP contribution in [0.3, 0.4) is 0 Å². The van der Waals surface area contributed by atoms with Crippen LogP contribution in [0.25, 0.3) is 0 Å². The van der Waals surface area contributed by atoms with Gasteiger partial charge in [0.15, 0.2) is 11.5 Å². The fraction of sp³-hybridized carbons (Fsp3) is 0.333. The standard InChI is InChI=1S/C30H34O5Si/c1-21-18-32-29(24-16-27-28(34-20-33-27)17-26(24)31-5)25(21)19-35-36(30(2,3)4,22-12-8-6-9-13-22)23-14-10-7-11-15-23/h6-17,25,29H,1,18-20H2,2-5H3/t25-,29+/m0/s1. The summed E-state index contributed by atoms with van der Waals surface area (Å²) < 4.78 is 30.5. The molecule has 0 aliphatic carbocycles. The van der Waals surface area contributed by atoms with Gasteiger partial charge in [0.1, 0.15) is 5.75 Å². The lowest BCUT2D eigenvalue weighted by atomic mass is 9.92. The Morgan fingerprint density at radius 1 is 0.917 bits per heavy atom. The van der Waals surface area contributed by atoms with E-state index in [4.69, 9.17) is 23.4 Å². The van der Waals surface area contributed by atoms with Crippen LogP contribution in [0, 0.1) is 5.92 Å². The highest BCUT2D eigenvalue weighted by Gasteiger charge is 2.51. The average molecular weight is 503 g/mol. The van der Waals surface area contributed by atoms with Crippen molar-refractivity contribution in [1.82, 2.24) is 0 Å². The summed E-state index contributed by atoms with van der Waals surface area (Å²) in [4.78, 5) is 0. The lowest BCUT2D eigenvalue weighted by molar-refractivity contribution is 0.0723. The molecule has 3 aromatic carbocycles. The zero-order valence-corrected chi connectivity index (χ0v) is 22.5. The van der Waals surface area contributed by atoms with Gasteiger partial charge in [0.05, 0.1) is 19.8 Å². The van der Waals surface area contributed by atoms with Crippen LogP contribution in [0.2, 0.25) is 5.04 Å². The van der Waals surface area contributed by atoms with Crippen LogP contribution in [0.5, 0.6) is 17.2 Å². The topological polar surface area (TPSA) is 46.2 Å². The Balaban J connectivity index is 1.54. The zero-order chi connectivity index (χ0) is 25.3. The highest BCUT2D eigenvalue weighted by molar-refractivity contribution is 6.99. The first-order valence-electron chi connectivity index (χ1n) is 12.4. The second-order valence-electron chi connectivity index (χ2n) is 10.4. The Hall–Kier alpha value is -3.06. The summed E-state index contributed by atoms with van der Waals surface area (Å²) in [6.07, 6.45) is -0.250. The summed E-state index contributed by atoms with van der Waals surface area (Å²) in [6, 6.07) is 25.2. The molecule has 2 atom stereocenters. The molecule has 1 saturated heterocycles. The smallest absolute Gasteiger partial charge is 0.261 e. The first kappa shape index (κ1) is 24.6. The monoisotopic (exact) mass is 502 g/mol. The van der Waals surface area contributed by atoms with E-state index >= 15 is 0 Å². The second kappa shape index (κ2) is 9.77. The van der Waals surface area contributed by atoms with Crippen molar-refractivity contribution >= 4 is 18.7 Å². The van der Waals surface area contributed by atoms with Crippen molar-refractivity contribution in [2.75, 3.05) is 27.1 Å². The molecule has 2 aliphatic heterocycles. The summed E-state index contributed by atoms with van der Waals surface area (Å²) in [5.74, 6) is 2.08. The minimum absolute atomic E-state index is 0.0269. The maximum atomic E-state index is 7.24. The van der Waals surface area contributed by atoms with Crippen molar-refractivity contribution in [2.45, 2.75) is 31.9 Å². The molecule has 0 N–H and O–H groups in total. The Morgan fingerprint density at radius 2 is 1.50 bits per heavy atom. The minimum Gasteiger partial charge on any atom is -0.496 e. The highest BCUT2D eigenvalue weighted by Crippen LogP contribution is 2.47. The van der Waals surface area contributed by atoms with E-state index in [0.717, 1.165) is 16.9 Å². The molecule has 36 heavy (non-hydrogen) atoms. The summed E-state index contributed by atoms with van der Waals surface area (Å²) in [5.41, 5.74) is 1.95. The molecule has 0 radical (unpaired) electrons. The fourth-order valence-electron chi connectivity index (χ4n) is 5.46. The molecule has 188 valence electrons. The van der Waals surface area contributed by atoms with E-state index < -0.39 is 8.32 Å². The molecular weight excluding hydrogens is 468 g/mol. The predicted octanol–water partition coefficient (Wildman–Crippen LogP) is 5.24. The lowest BCUT2D eigenvalue weighted by Crippen LogP contribution is -2.67. The van der Waals surface area contributed by atoms with Gasteiger partial charge in [-0.05, 0) is 27.1 Å². The summed E-state index contributed by atoms with van der Waals surface area (Å²) in [5, 5.41) is 2.40. The molecule has 5 rings (SSSR count). The maximum absolute atomic E-state index is 7.24. The molecule has 0 saturated carbocycles. The van der Waals surface area contributed by atoms with Gasteiger partial charge in [-0.2, -0.15) is 0 Å². The van der Waals surface area contributed by atoms with Crippen molar-refractivity contribution in [1.29, 1.82) is 0 Å². The van der Waals surface area contributed by atoms with Gasteiger partial charge in [-0.15, -0.1) is 0 Å². The van der Waals surface area contributed by atoms with Crippen molar-refractivity contribution < 1.29 is 23.4 Å². The average Bonchev–Trinajstić information content (AvgIpc) is 3.49. The van der Waals surface area contributed by atoms with Crippen LogP contribution >= 0.6 is 0 Å². The molecule has 0 bridgehead atoms. The van der Waals surface area contributed by atoms with E-state index in [9.17, 15) is 0 Å². The minimum atomic E-state index is -2.69. The van der Waals surface area contributed by atoms with Crippen molar-refractivity contribution in [3.63, 3.8) is 0 Å². The van der Waals surface area contributed by atoms with Crippen LogP contribution < -0.4 is 24.6 Å². The zero-order valence-electron chi connectivity index (χ0n) is 21.5. The quantitative estimate of drug-likeness (QED) is 0.326. The summed E-state index contributed by atoms with van der Waals surface area (Å²) in [7, 11) is -1.02. The number of ether oxygens (including phenoxy) is 4. The third-order valence-corrected chi connectivity index (χ3v) is 12.3. The van der Waals surface area contributed by atoms with Crippen LogP contribution in [-0.2, 0) is 9.16 Å². The Bertz CT molecular complexity index is 1180. The third kappa shape index (κ3) is 4.23. The number of hydrogen-bond acceptors (Lipinski definition) is 5. The molecular formula is C30H34O5Si. The SMILES string of the molecule is C=C1CO[C@H](c2cc3c(cc2OC)OCO3)[C@H]1CO[Si](c1ccccc1)(c1ccccc1)C(C)(C)C. The third-order valence-electron chi connectivity index (χ3n) is 7.27. The fourth-order valence-corrected chi connectivity index (χ4v) is 10.0. The van der Waals surface area contributed by atoms with Crippen LogP contribution in [0.4, 0.5) is 0 Å². The Labute approximate surface area is 214 Å². The van der Waals surface area contributed by atoms with Crippen molar-refractivity contribution in [3.05, 3.63) is 90.5 Å². The maximum Gasteiger partial charge on any atom is 0.261 e. The molecule has 0 unspecified atom stereocenters. The van der Waals surface area contributed by atoms with Gasteiger partial charge in [0.25, 0.3) is 8.32 Å². The van der Waals surface area contributed by atoms with E-state index in [-0.39, 0.29) is 23.9 Å². The number of rotatable bonds is 7. The number of hydrogen-bond donors (Lipinski definition) is 0. The van der Waals surface area contributed by atoms with Gasteiger partial charge in [0.2, 0.25) is 6.79 Å². The highest BCUT2D eigenvalue weighted by atomic mass is 28.4. The summed E-state index contributed by atoms with van der Waals surface area (Å²) in [6.45, 7) is 12.4. The van der Waals surface area contributed by atoms with E-state index in [1.807, 2.05) is 12.1 Å². The van der Waals surface area contributed by atoms with E-state index in [1.165, 1.54) is 10.4 Å². The number of fused-ring (bicyclic) bond motifs is 1. The Kier molecular flexibility index (Phi) is 6.68. The molecule has 3 aromatic rings. The second-order valence-corrected chi connectivity index (χ2v) is 14.7. The Morgan fingerprint density at radius 3 is 2.06 bits per heavy atom. The van der Waals surface area contributed by atoms with Crippen LogP contribution in [-0.4, -0.2) is 35.4 Å². The van der Waals surface area contributed by atoms with Gasteiger partial charge in [0, 0.05) is 24.2 Å². The van der Waals surface area contributed by atoms with Gasteiger partial charge < -0.3 is 23.4 Å². The molecule has 0 spiro atoms. The van der Waals surface area contributed by atoms with Crippen molar-refractivity contribution in [2.24, 2.45) is 5.92 Å². The first-order valence-corrected chi connectivity index (χ1v) is 14.3. The molecule has 5 nitrogen and oxygen atoms in total. The molecule has 0 amide bonds. The molecule has 2 heterocycles. The molecule has 0 aromatic heterocycles. The van der Waals surface area contributed by atoms with E-state index in [0.29, 0.717) is 24.7 Å². The van der Waals surface area contributed by atoms with Gasteiger partial charge in [-0.3, -0.25) is 0 Å². The molecule has 1 fully saturated rings. The first-order chi connectivity index (χ1) is 17.3.